The van der Waals surface area contributed by atoms with Crippen LogP contribution in [0.2, 0.25) is 0 Å². The molecule has 0 aromatic heterocycles. The molecule has 3 rings (SSSR count). The SMILES string of the molecule is CC[C@H](C)[C@H](NC(=O)[C@@H]1CCCN1C(=O)[C@H](CO)NC(=O)[C@@H](NC(=O)[C@@H](NC(=O)[C@@H]1CCCN1C(C)=O)[C@@H](C)O[C@H]1O[C@H](CO)[C@H](O)[C@H](O)[C@H]1NC(C)=O)[C@@H](C)O)C(=O)N[C@@H](CO)C(=O)N[C@H](C(N)=O)[C@@H](C)O. The van der Waals surface area contributed by atoms with Crippen LogP contribution >= 0.6 is 0 Å². The Labute approximate surface area is 421 Å². The van der Waals surface area contributed by atoms with Crippen LogP contribution in [-0.2, 0) is 57.4 Å². The van der Waals surface area contributed by atoms with Gasteiger partial charge in [-0.15, -0.1) is 0 Å². The van der Waals surface area contributed by atoms with Crippen LogP contribution in [0.5, 0.6) is 0 Å². The molecule has 3 aliphatic heterocycles. The van der Waals surface area contributed by atoms with E-state index in [9.17, 15) is 83.7 Å². The number of nitrogens with zero attached hydrogens (tertiary/aromatic N) is 2. The molecule has 3 aliphatic rings. The highest BCUT2D eigenvalue weighted by Gasteiger charge is 2.48. The number of primary amides is 1. The Balaban J connectivity index is 1.84. The highest BCUT2D eigenvalue weighted by atomic mass is 16.7. The van der Waals surface area contributed by atoms with E-state index < -0.39 is 182 Å². The Morgan fingerprint density at radius 2 is 1.15 bits per heavy atom. The summed E-state index contributed by atoms with van der Waals surface area (Å²) in [7, 11) is 0. The fraction of sp³-hybridized carbons (Fsp3) is 0.773. The maximum atomic E-state index is 14.3. The second kappa shape index (κ2) is 28.1. The number of aliphatic hydroxyl groups is 7. The molecule has 29 nitrogen and oxygen atoms in total. The third-order valence-electron chi connectivity index (χ3n) is 13.0. The first-order chi connectivity index (χ1) is 34.2. The molecule has 29 heteroatoms. The molecule has 3 fully saturated rings. The number of likely N-dealkylation sites (tertiary alicyclic amines) is 2. The van der Waals surface area contributed by atoms with Crippen molar-refractivity contribution in [2.75, 3.05) is 32.9 Å². The molecule has 0 aromatic rings. The van der Waals surface area contributed by atoms with Gasteiger partial charge in [-0.05, 0) is 52.4 Å². The highest BCUT2D eigenvalue weighted by molar-refractivity contribution is 5.98. The summed E-state index contributed by atoms with van der Waals surface area (Å²) in [6, 6.07) is -13.9. The van der Waals surface area contributed by atoms with Crippen LogP contribution < -0.4 is 43.0 Å². The van der Waals surface area contributed by atoms with E-state index in [1.54, 1.807) is 13.8 Å². The molecular weight excluding hydrogens is 973 g/mol. The van der Waals surface area contributed by atoms with Gasteiger partial charge in [0.2, 0.25) is 59.1 Å². The van der Waals surface area contributed by atoms with Crippen LogP contribution in [-0.4, -0.2) is 235 Å². The third-order valence-corrected chi connectivity index (χ3v) is 13.0. The Kier molecular flexibility index (Phi) is 23.8. The monoisotopic (exact) mass is 1050 g/mol. The minimum absolute atomic E-state index is 0.0520. The number of hydrogen-bond donors (Lipinski definition) is 15. The van der Waals surface area contributed by atoms with E-state index in [0.717, 1.165) is 18.7 Å². The number of nitrogens with one attached hydrogen (secondary N) is 7. The van der Waals surface area contributed by atoms with Crippen molar-refractivity contribution < 1.29 is 93.2 Å². The maximum Gasteiger partial charge on any atom is 0.248 e. The molecule has 16 N–H and O–H groups in total. The van der Waals surface area contributed by atoms with Gasteiger partial charge in [-0.2, -0.15) is 0 Å². The maximum absolute atomic E-state index is 14.3. The van der Waals surface area contributed by atoms with Crippen molar-refractivity contribution in [3.63, 3.8) is 0 Å². The number of carbonyl (C=O) groups excluding carboxylic acids is 10. The van der Waals surface area contributed by atoms with Gasteiger partial charge in [0.05, 0.1) is 38.1 Å². The van der Waals surface area contributed by atoms with E-state index in [2.05, 4.69) is 37.2 Å². The molecule has 17 atom stereocenters. The quantitative estimate of drug-likeness (QED) is 0.0404. The molecule has 0 unspecified atom stereocenters. The van der Waals surface area contributed by atoms with E-state index in [1.807, 2.05) is 0 Å². The number of aliphatic hydroxyl groups excluding tert-OH is 7. The zero-order valence-electron chi connectivity index (χ0n) is 41.9. The normalized spacial score (nSPS) is 26.0. The lowest BCUT2D eigenvalue weighted by molar-refractivity contribution is -0.281. The summed E-state index contributed by atoms with van der Waals surface area (Å²) in [6.45, 7) is 6.48. The lowest BCUT2D eigenvalue weighted by atomic mass is 9.96. The van der Waals surface area contributed by atoms with Gasteiger partial charge < -0.3 is 98.0 Å². The molecule has 10 amide bonds. The number of nitrogens with two attached hydrogens (primary N) is 1. The highest BCUT2D eigenvalue weighted by Crippen LogP contribution is 2.25. The first-order valence-corrected chi connectivity index (χ1v) is 24.1. The molecule has 0 radical (unpaired) electrons. The third kappa shape index (κ3) is 16.2. The van der Waals surface area contributed by atoms with Gasteiger partial charge in [-0.3, -0.25) is 47.9 Å². The summed E-state index contributed by atoms with van der Waals surface area (Å²) in [4.78, 5) is 135. The van der Waals surface area contributed by atoms with Gasteiger partial charge >= 0.3 is 0 Å². The smallest absolute Gasteiger partial charge is 0.248 e. The predicted octanol–water partition coefficient (Wildman–Crippen LogP) is -8.48. The van der Waals surface area contributed by atoms with Gasteiger partial charge in [0.15, 0.2) is 6.29 Å². The van der Waals surface area contributed by atoms with Crippen LogP contribution in [0.1, 0.15) is 80.6 Å². The zero-order valence-corrected chi connectivity index (χ0v) is 41.9. The Morgan fingerprint density at radius 3 is 1.64 bits per heavy atom. The molecule has 3 saturated heterocycles. The second-order valence-electron chi connectivity index (χ2n) is 18.5. The topological polar surface area (TPSA) is 447 Å². The van der Waals surface area contributed by atoms with Crippen molar-refractivity contribution >= 4 is 59.1 Å². The number of rotatable bonds is 25. The van der Waals surface area contributed by atoms with Crippen molar-refractivity contribution in [2.24, 2.45) is 11.7 Å². The number of hydrogen-bond acceptors (Lipinski definition) is 19. The molecule has 0 spiro atoms. The summed E-state index contributed by atoms with van der Waals surface area (Å²) in [5.41, 5.74) is 5.23. The molecule has 0 aromatic carbocycles. The average Bonchev–Trinajstić information content (AvgIpc) is 4.04. The lowest BCUT2D eigenvalue weighted by Crippen LogP contribution is -2.66. The van der Waals surface area contributed by atoms with Gasteiger partial charge in [0.25, 0.3) is 0 Å². The van der Waals surface area contributed by atoms with Crippen LogP contribution in [0, 0.1) is 5.92 Å². The first-order valence-electron chi connectivity index (χ1n) is 24.1. The number of carbonyl (C=O) groups is 10. The summed E-state index contributed by atoms with van der Waals surface area (Å²) < 4.78 is 11.6. The van der Waals surface area contributed by atoms with Crippen molar-refractivity contribution in [1.82, 2.24) is 47.0 Å². The van der Waals surface area contributed by atoms with Crippen LogP contribution in [0.15, 0.2) is 0 Å². The van der Waals surface area contributed by atoms with Crippen molar-refractivity contribution in [3.8, 4) is 0 Å². The van der Waals surface area contributed by atoms with Crippen molar-refractivity contribution in [1.29, 1.82) is 0 Å². The van der Waals surface area contributed by atoms with E-state index in [0.29, 0.717) is 12.8 Å². The van der Waals surface area contributed by atoms with Gasteiger partial charge in [-0.25, -0.2) is 0 Å². The Hall–Kier alpha value is -5.66. The summed E-state index contributed by atoms with van der Waals surface area (Å²) >= 11 is 0. The summed E-state index contributed by atoms with van der Waals surface area (Å²) in [5.74, 6) is -9.92. The largest absolute Gasteiger partial charge is 0.394 e. The van der Waals surface area contributed by atoms with E-state index in [1.165, 1.54) is 25.7 Å². The fourth-order valence-corrected chi connectivity index (χ4v) is 8.63. The van der Waals surface area contributed by atoms with Gasteiger partial charge in [0.1, 0.15) is 72.7 Å². The molecule has 0 aliphatic carbocycles. The minimum atomic E-state index is -1.93. The van der Waals surface area contributed by atoms with Crippen LogP contribution in [0.3, 0.4) is 0 Å². The van der Waals surface area contributed by atoms with E-state index >= 15 is 0 Å². The van der Waals surface area contributed by atoms with Crippen molar-refractivity contribution in [3.05, 3.63) is 0 Å². The molecular formula is C44H74N10O19. The first kappa shape index (κ1) is 61.6. The second-order valence-corrected chi connectivity index (χ2v) is 18.5. The summed E-state index contributed by atoms with van der Waals surface area (Å²) in [5, 5.41) is 88.6. The van der Waals surface area contributed by atoms with Crippen LogP contribution in [0.25, 0.3) is 0 Å². The Bertz CT molecular complexity index is 1980. The minimum Gasteiger partial charge on any atom is -0.394 e. The number of ether oxygens (including phenoxy) is 2. The van der Waals surface area contributed by atoms with E-state index in [4.69, 9.17) is 15.2 Å². The van der Waals surface area contributed by atoms with Crippen molar-refractivity contribution in [2.45, 2.75) is 178 Å². The fourth-order valence-electron chi connectivity index (χ4n) is 8.63. The predicted molar refractivity (Wildman–Crippen MR) is 249 cm³/mol. The van der Waals surface area contributed by atoms with Gasteiger partial charge in [-0.1, -0.05) is 20.3 Å². The zero-order chi connectivity index (χ0) is 55.2. The molecule has 3 heterocycles. The molecule has 0 saturated carbocycles. The lowest BCUT2D eigenvalue weighted by Gasteiger charge is -2.43. The standard InChI is InChI=1S/C44H74N10O19/c1-8-18(2)29(40(68)47-24(15-55)37(65)50-30(19(3)58)36(45)64)49-39(67)27-12-10-14-54(27)43(71)25(16-56)48-41(69)31(20(4)59)51-42(70)32(52-38(66)26-11-9-13-53(26)23(7)61)21(5)72-44-33(46-22(6)60)35(63)34(62)28(17-57)73-44/h18-21,24-35,44,55-59,62-63H,8-17H2,1-7H3,(H2,45,64)(H,46,60)(H,47,68)(H,48,69)(H,49,67)(H,50,65)(H,51,70)(H,52,66)/t18-,19+,20+,21+,24-,25-,26-,27-,28+,29-,30-,31-,32-,33+,34-,35+,44-/m0/s1. The van der Waals surface area contributed by atoms with E-state index in [-0.39, 0.29) is 32.4 Å². The summed E-state index contributed by atoms with van der Waals surface area (Å²) in [6.07, 6.45) is -10.0. The van der Waals surface area contributed by atoms with Gasteiger partial charge in [0, 0.05) is 26.9 Å². The molecule has 0 bridgehead atoms. The molecule has 414 valence electrons. The Morgan fingerprint density at radius 1 is 0.658 bits per heavy atom. The van der Waals surface area contributed by atoms with Crippen LogP contribution in [0.4, 0.5) is 0 Å². The average molecular weight is 1050 g/mol. The molecule has 73 heavy (non-hydrogen) atoms. The number of amides is 10.